The zero-order valence-electron chi connectivity index (χ0n) is 22.9. The van der Waals surface area contributed by atoms with Gasteiger partial charge in [-0.1, -0.05) is 133 Å². The summed E-state index contributed by atoms with van der Waals surface area (Å²) in [4.78, 5) is 4.64. The number of fused-ring (bicyclic) bond motifs is 5. The largest absolute Gasteiger partial charge is 0.264 e. The molecule has 0 unspecified atom stereocenters. The molecule has 0 amide bonds. The van der Waals surface area contributed by atoms with Gasteiger partial charge in [-0.05, 0) is 88.6 Å². The molecule has 1 heteroatoms. The molecule has 1 aliphatic rings. The number of hydrogen-bond acceptors (Lipinski definition) is 1. The van der Waals surface area contributed by atoms with Gasteiger partial charge in [0.05, 0.1) is 0 Å². The number of rotatable bonds is 3. The second kappa shape index (κ2) is 8.99. The van der Waals surface area contributed by atoms with Crippen molar-refractivity contribution in [3.05, 3.63) is 152 Å². The highest BCUT2D eigenvalue weighted by Gasteiger charge is 2.31. The van der Waals surface area contributed by atoms with E-state index in [1.165, 1.54) is 88.0 Å². The van der Waals surface area contributed by atoms with E-state index in [1.54, 1.807) is 0 Å². The van der Waals surface area contributed by atoms with Gasteiger partial charge in [0.2, 0.25) is 0 Å². The predicted octanol–water partition coefficient (Wildman–Crippen LogP) is 11.2. The van der Waals surface area contributed by atoms with Gasteiger partial charge in [0.15, 0.2) is 0 Å². The molecule has 1 aromatic heterocycles. The van der Waals surface area contributed by atoms with Crippen LogP contribution in [0, 0.1) is 0 Å². The van der Waals surface area contributed by atoms with Gasteiger partial charge in [0, 0.05) is 17.8 Å². The van der Waals surface area contributed by atoms with Crippen LogP contribution in [0.25, 0.3) is 88.0 Å². The highest BCUT2D eigenvalue weighted by Crippen LogP contribution is 2.58. The average molecular weight is 532 g/mol. The van der Waals surface area contributed by atoms with Gasteiger partial charge in [-0.3, -0.25) is 4.98 Å². The summed E-state index contributed by atoms with van der Waals surface area (Å²) >= 11 is 0. The molecular formula is C41H25N. The smallest absolute Gasteiger partial charge is 0.0353 e. The topological polar surface area (TPSA) is 12.9 Å². The third-order valence-corrected chi connectivity index (χ3v) is 8.89. The van der Waals surface area contributed by atoms with E-state index in [0.717, 1.165) is 0 Å². The lowest BCUT2D eigenvalue weighted by Crippen LogP contribution is -1.94. The van der Waals surface area contributed by atoms with Crippen LogP contribution in [0.2, 0.25) is 0 Å². The fraction of sp³-hybridized carbons (Fsp3) is 0. The van der Waals surface area contributed by atoms with E-state index >= 15 is 0 Å². The van der Waals surface area contributed by atoms with Gasteiger partial charge >= 0.3 is 0 Å². The van der Waals surface area contributed by atoms with Crippen molar-refractivity contribution in [2.75, 3.05) is 0 Å². The van der Waals surface area contributed by atoms with E-state index in [2.05, 4.69) is 151 Å². The summed E-state index contributed by atoms with van der Waals surface area (Å²) < 4.78 is 0. The Morgan fingerprint density at radius 2 is 0.881 bits per heavy atom. The average Bonchev–Trinajstić information content (AvgIpc) is 3.39. The molecule has 0 radical (unpaired) electrons. The maximum absolute atomic E-state index is 4.64. The summed E-state index contributed by atoms with van der Waals surface area (Å²) in [5, 5.41) is 7.57. The highest BCUT2D eigenvalue weighted by atomic mass is 14.6. The van der Waals surface area contributed by atoms with Crippen LogP contribution in [-0.4, -0.2) is 4.98 Å². The lowest BCUT2D eigenvalue weighted by atomic mass is 9.83. The number of nitrogens with zero attached hydrogens (tertiary/aromatic N) is 1. The minimum atomic E-state index is 1.18. The molecule has 0 N–H and O–H groups in total. The standard InChI is InChI=1S/C41H25N/c1-3-12-27(13-4-1)37-33-23-24-42-25-36(33)38(28-14-5-2-6-15-28)40-34-20-10-19-32-31(21-22-35(39(32)34)41(37)40)30-18-9-16-26-11-7-8-17-29(26)30/h1-25H. The fourth-order valence-electron chi connectivity index (χ4n) is 7.20. The Bertz CT molecular complexity index is 2240. The maximum atomic E-state index is 4.64. The summed E-state index contributed by atoms with van der Waals surface area (Å²) in [7, 11) is 0. The van der Waals surface area contributed by atoms with Gasteiger partial charge in [0.25, 0.3) is 0 Å². The minimum Gasteiger partial charge on any atom is -0.264 e. The highest BCUT2D eigenvalue weighted by molar-refractivity contribution is 6.29. The maximum Gasteiger partial charge on any atom is 0.0353 e. The molecule has 0 saturated heterocycles. The second-order valence-electron chi connectivity index (χ2n) is 11.1. The van der Waals surface area contributed by atoms with Gasteiger partial charge in [-0.25, -0.2) is 0 Å². The molecule has 0 bridgehead atoms. The van der Waals surface area contributed by atoms with Crippen LogP contribution >= 0.6 is 0 Å². The second-order valence-corrected chi connectivity index (χ2v) is 11.1. The van der Waals surface area contributed by atoms with Crippen LogP contribution in [0.1, 0.15) is 0 Å². The van der Waals surface area contributed by atoms with Gasteiger partial charge in [-0.15, -0.1) is 0 Å². The zero-order valence-corrected chi connectivity index (χ0v) is 22.9. The normalized spacial score (nSPS) is 11.8. The van der Waals surface area contributed by atoms with E-state index in [-0.39, 0.29) is 0 Å². The SMILES string of the molecule is c1ccc(-c2c3c(c(-c4ccccc4)c4cnccc24)-c2cccc4c(-c5cccc6ccccc56)ccc-3c24)cc1. The summed E-state index contributed by atoms with van der Waals surface area (Å²) in [5.74, 6) is 0. The van der Waals surface area contributed by atoms with Crippen molar-refractivity contribution in [1.29, 1.82) is 0 Å². The van der Waals surface area contributed by atoms with E-state index in [1.807, 2.05) is 6.20 Å². The van der Waals surface area contributed by atoms with E-state index in [9.17, 15) is 0 Å². The van der Waals surface area contributed by atoms with Gasteiger partial charge < -0.3 is 0 Å². The summed E-state index contributed by atoms with van der Waals surface area (Å²) in [6, 6.07) is 50.8. The molecule has 1 heterocycles. The lowest BCUT2D eigenvalue weighted by Gasteiger charge is -2.20. The molecule has 1 aliphatic carbocycles. The molecular weight excluding hydrogens is 506 g/mol. The lowest BCUT2D eigenvalue weighted by molar-refractivity contribution is 1.36. The van der Waals surface area contributed by atoms with Crippen molar-refractivity contribution in [3.8, 4) is 55.6 Å². The Hall–Kier alpha value is -5.53. The first-order valence-electron chi connectivity index (χ1n) is 14.5. The third kappa shape index (κ3) is 3.22. The molecule has 0 saturated carbocycles. The fourth-order valence-corrected chi connectivity index (χ4v) is 7.20. The zero-order chi connectivity index (χ0) is 27.6. The number of pyridine rings is 1. The molecule has 7 aromatic carbocycles. The Morgan fingerprint density at radius 1 is 0.333 bits per heavy atom. The number of aromatic nitrogens is 1. The molecule has 0 atom stereocenters. The molecule has 1 nitrogen and oxygen atoms in total. The number of benzene rings is 7. The first-order valence-corrected chi connectivity index (χ1v) is 14.5. The van der Waals surface area contributed by atoms with Crippen LogP contribution in [0.4, 0.5) is 0 Å². The summed E-state index contributed by atoms with van der Waals surface area (Å²) in [6.45, 7) is 0. The van der Waals surface area contributed by atoms with Crippen molar-refractivity contribution in [1.82, 2.24) is 4.98 Å². The molecule has 0 spiro atoms. The minimum absolute atomic E-state index is 1.18. The predicted molar refractivity (Wildman–Crippen MR) is 177 cm³/mol. The molecule has 0 aliphatic heterocycles. The van der Waals surface area contributed by atoms with Crippen molar-refractivity contribution in [3.63, 3.8) is 0 Å². The third-order valence-electron chi connectivity index (χ3n) is 8.89. The summed E-state index contributed by atoms with van der Waals surface area (Å²) in [5.41, 5.74) is 12.7. The van der Waals surface area contributed by atoms with Crippen LogP contribution in [0.5, 0.6) is 0 Å². The monoisotopic (exact) mass is 531 g/mol. The molecule has 8 aromatic rings. The van der Waals surface area contributed by atoms with E-state index < -0.39 is 0 Å². The van der Waals surface area contributed by atoms with Crippen LogP contribution in [0.3, 0.4) is 0 Å². The Kier molecular flexibility index (Phi) is 4.97. The van der Waals surface area contributed by atoms with Crippen molar-refractivity contribution in [2.24, 2.45) is 0 Å². The first kappa shape index (κ1) is 23.2. The van der Waals surface area contributed by atoms with Crippen molar-refractivity contribution in [2.45, 2.75) is 0 Å². The van der Waals surface area contributed by atoms with Crippen LogP contribution < -0.4 is 0 Å². The van der Waals surface area contributed by atoms with Gasteiger partial charge in [-0.2, -0.15) is 0 Å². The first-order chi connectivity index (χ1) is 20.9. The molecule has 194 valence electrons. The van der Waals surface area contributed by atoms with Crippen molar-refractivity contribution < 1.29 is 0 Å². The quantitative estimate of drug-likeness (QED) is 0.221. The van der Waals surface area contributed by atoms with E-state index in [0.29, 0.717) is 0 Å². The van der Waals surface area contributed by atoms with Gasteiger partial charge in [0.1, 0.15) is 0 Å². The summed E-state index contributed by atoms with van der Waals surface area (Å²) in [6.07, 6.45) is 3.98. The number of hydrogen-bond donors (Lipinski definition) is 0. The Balaban J connectivity index is 1.46. The van der Waals surface area contributed by atoms with Crippen molar-refractivity contribution >= 4 is 32.3 Å². The molecule has 42 heavy (non-hydrogen) atoms. The molecule has 0 fully saturated rings. The van der Waals surface area contributed by atoms with Crippen LogP contribution in [0.15, 0.2) is 152 Å². The van der Waals surface area contributed by atoms with Crippen LogP contribution in [-0.2, 0) is 0 Å². The Morgan fingerprint density at radius 3 is 1.67 bits per heavy atom. The molecule has 9 rings (SSSR count). The van der Waals surface area contributed by atoms with E-state index in [4.69, 9.17) is 0 Å². The Labute approximate surface area is 244 Å².